The number of hydrogen-bond donors (Lipinski definition) is 2. The van der Waals surface area contributed by atoms with Gasteiger partial charge in [-0.25, -0.2) is 18.6 Å². The van der Waals surface area contributed by atoms with E-state index in [1.165, 1.54) is 36.0 Å². The molecule has 0 saturated carbocycles. The summed E-state index contributed by atoms with van der Waals surface area (Å²) in [5.74, 6) is -1.90. The van der Waals surface area contributed by atoms with E-state index in [1.807, 2.05) is 22.6 Å². The van der Waals surface area contributed by atoms with Gasteiger partial charge in [-0.3, -0.25) is 4.79 Å². The van der Waals surface area contributed by atoms with Gasteiger partial charge in [-0.05, 0) is 58.0 Å². The minimum Gasteiger partial charge on any atom is -0.478 e. The van der Waals surface area contributed by atoms with Gasteiger partial charge in [0.05, 0.1) is 11.3 Å². The summed E-state index contributed by atoms with van der Waals surface area (Å²) in [4.78, 5) is 30.2. The summed E-state index contributed by atoms with van der Waals surface area (Å²) in [6, 6.07) is 9.60. The third-order valence-electron chi connectivity index (χ3n) is 3.78. The van der Waals surface area contributed by atoms with Crippen molar-refractivity contribution in [3.8, 4) is 0 Å². The number of nitrogens with zero attached hydrogens (tertiary/aromatic N) is 1. The molecular weight excluding hydrogens is 501 g/mol. The van der Waals surface area contributed by atoms with Crippen molar-refractivity contribution >= 4 is 40.3 Å². The molecule has 1 aromatic heterocycles. The molecular formula is C19H13F2IN2O3S. The molecule has 0 unspecified atom stereocenters. The normalized spacial score (nSPS) is 10.8. The molecule has 2 N–H and O–H groups in total. The first kappa shape index (κ1) is 20.5. The van der Waals surface area contributed by atoms with Crippen LogP contribution in [0.1, 0.15) is 27.2 Å². The van der Waals surface area contributed by atoms with Crippen LogP contribution in [-0.2, 0) is 12.2 Å². The number of H-pyrrole nitrogens is 1. The van der Waals surface area contributed by atoms with E-state index in [9.17, 15) is 18.4 Å². The van der Waals surface area contributed by atoms with Crippen LogP contribution in [0.15, 0.2) is 52.4 Å². The number of rotatable bonds is 6. The van der Waals surface area contributed by atoms with Crippen molar-refractivity contribution in [3.05, 3.63) is 90.4 Å². The molecule has 0 fully saturated rings. The second kappa shape index (κ2) is 8.82. The number of aromatic amines is 1. The second-order valence-electron chi connectivity index (χ2n) is 5.88. The number of carboxylic acids is 1. The highest BCUT2D eigenvalue weighted by Crippen LogP contribution is 2.21. The van der Waals surface area contributed by atoms with Crippen molar-refractivity contribution in [2.75, 3.05) is 0 Å². The lowest BCUT2D eigenvalue weighted by Crippen LogP contribution is -2.16. The average Bonchev–Trinajstić information content (AvgIpc) is 2.63. The van der Waals surface area contributed by atoms with Crippen LogP contribution in [0.4, 0.5) is 8.78 Å². The summed E-state index contributed by atoms with van der Waals surface area (Å²) >= 11 is 3.13. The SMILES string of the molecule is O=C(O)c1ccc(CSc2nc(Cc3cc(F)cc(F)c3)c(I)c(=O)[nH]2)cc1. The fourth-order valence-corrected chi connectivity index (χ4v) is 3.75. The summed E-state index contributed by atoms with van der Waals surface area (Å²) in [5.41, 5.74) is 1.54. The quantitative estimate of drug-likeness (QED) is 0.292. The first-order valence-electron chi connectivity index (χ1n) is 8.00. The Morgan fingerprint density at radius 1 is 1.11 bits per heavy atom. The molecule has 0 bridgehead atoms. The average molecular weight is 514 g/mol. The molecule has 9 heteroatoms. The number of benzene rings is 2. The number of aromatic carboxylic acids is 1. The van der Waals surface area contributed by atoms with Crippen molar-refractivity contribution in [2.45, 2.75) is 17.3 Å². The Morgan fingerprint density at radius 3 is 2.36 bits per heavy atom. The zero-order valence-corrected chi connectivity index (χ0v) is 17.2. The molecule has 0 saturated heterocycles. The first-order chi connectivity index (χ1) is 13.3. The van der Waals surface area contributed by atoms with E-state index in [0.29, 0.717) is 25.7 Å². The Labute approximate surface area is 176 Å². The predicted molar refractivity (Wildman–Crippen MR) is 110 cm³/mol. The van der Waals surface area contributed by atoms with Crippen LogP contribution in [0.3, 0.4) is 0 Å². The molecule has 144 valence electrons. The molecule has 5 nitrogen and oxygen atoms in total. The molecule has 0 amide bonds. The summed E-state index contributed by atoms with van der Waals surface area (Å²) in [5, 5.41) is 9.30. The highest BCUT2D eigenvalue weighted by Gasteiger charge is 2.12. The molecule has 3 rings (SSSR count). The maximum Gasteiger partial charge on any atom is 0.335 e. The fourth-order valence-electron chi connectivity index (χ4n) is 2.47. The van der Waals surface area contributed by atoms with E-state index >= 15 is 0 Å². The van der Waals surface area contributed by atoms with E-state index in [2.05, 4.69) is 9.97 Å². The van der Waals surface area contributed by atoms with Crippen LogP contribution < -0.4 is 5.56 Å². The molecule has 0 atom stereocenters. The van der Waals surface area contributed by atoms with Gasteiger partial charge in [-0.2, -0.15) is 0 Å². The second-order valence-corrected chi connectivity index (χ2v) is 7.92. The maximum atomic E-state index is 13.4. The van der Waals surface area contributed by atoms with E-state index in [1.54, 1.807) is 12.1 Å². The summed E-state index contributed by atoms with van der Waals surface area (Å²) in [7, 11) is 0. The van der Waals surface area contributed by atoms with Crippen LogP contribution in [0, 0.1) is 15.2 Å². The Morgan fingerprint density at radius 2 is 1.75 bits per heavy atom. The number of carbonyl (C=O) groups is 1. The van der Waals surface area contributed by atoms with E-state index in [-0.39, 0.29) is 17.5 Å². The van der Waals surface area contributed by atoms with Gasteiger partial charge in [-0.1, -0.05) is 23.9 Å². The van der Waals surface area contributed by atoms with Gasteiger partial charge in [0.25, 0.3) is 5.56 Å². The van der Waals surface area contributed by atoms with Crippen molar-refractivity contribution in [1.29, 1.82) is 0 Å². The Balaban J connectivity index is 1.79. The maximum absolute atomic E-state index is 13.4. The van der Waals surface area contributed by atoms with Gasteiger partial charge < -0.3 is 10.1 Å². The molecule has 0 aliphatic rings. The minimum atomic E-state index is -0.999. The third-order valence-corrected chi connectivity index (χ3v) is 5.84. The fraction of sp³-hybridized carbons (Fsp3) is 0.105. The number of nitrogens with one attached hydrogen (secondary N) is 1. The number of hydrogen-bond acceptors (Lipinski definition) is 4. The van der Waals surface area contributed by atoms with Gasteiger partial charge in [0, 0.05) is 18.2 Å². The highest BCUT2D eigenvalue weighted by molar-refractivity contribution is 14.1. The Kier molecular flexibility index (Phi) is 6.45. The van der Waals surface area contributed by atoms with Crippen LogP contribution >= 0.6 is 34.4 Å². The molecule has 28 heavy (non-hydrogen) atoms. The molecule has 0 aliphatic carbocycles. The lowest BCUT2D eigenvalue weighted by molar-refractivity contribution is 0.0697. The number of thioether (sulfide) groups is 1. The van der Waals surface area contributed by atoms with Crippen molar-refractivity contribution in [1.82, 2.24) is 9.97 Å². The number of carboxylic acid groups (broad SMARTS) is 1. The van der Waals surface area contributed by atoms with Gasteiger partial charge in [-0.15, -0.1) is 0 Å². The molecule has 0 spiro atoms. The van der Waals surface area contributed by atoms with E-state index < -0.39 is 17.6 Å². The summed E-state index contributed by atoms with van der Waals surface area (Å²) in [6.45, 7) is 0. The smallest absolute Gasteiger partial charge is 0.335 e. The van der Waals surface area contributed by atoms with Crippen molar-refractivity contribution < 1.29 is 18.7 Å². The minimum absolute atomic E-state index is 0.123. The van der Waals surface area contributed by atoms with E-state index in [4.69, 9.17) is 5.11 Å². The van der Waals surface area contributed by atoms with Gasteiger partial charge >= 0.3 is 5.97 Å². The Hall–Kier alpha value is -2.27. The Bertz CT molecular complexity index is 1070. The van der Waals surface area contributed by atoms with Crippen LogP contribution in [-0.4, -0.2) is 21.0 Å². The molecule has 0 radical (unpaired) electrons. The van der Waals surface area contributed by atoms with Crippen molar-refractivity contribution in [3.63, 3.8) is 0 Å². The molecule has 2 aromatic carbocycles. The zero-order chi connectivity index (χ0) is 20.3. The monoisotopic (exact) mass is 514 g/mol. The molecule has 3 aromatic rings. The van der Waals surface area contributed by atoms with Crippen LogP contribution in [0.2, 0.25) is 0 Å². The standard InChI is InChI=1S/C19H13F2IN2O3S/c20-13-5-11(6-14(21)8-13)7-15-16(22)17(25)24-19(23-15)28-9-10-1-3-12(4-2-10)18(26)27/h1-6,8H,7,9H2,(H,26,27)(H,23,24,25). The third kappa shape index (κ3) is 5.16. The van der Waals surface area contributed by atoms with Gasteiger partial charge in [0.15, 0.2) is 5.16 Å². The summed E-state index contributed by atoms with van der Waals surface area (Å²) < 4.78 is 27.2. The number of halogens is 3. The molecule has 0 aliphatic heterocycles. The highest BCUT2D eigenvalue weighted by atomic mass is 127. The number of aromatic nitrogens is 2. The lowest BCUT2D eigenvalue weighted by Gasteiger charge is -2.08. The van der Waals surface area contributed by atoms with Gasteiger partial charge in [0.2, 0.25) is 0 Å². The summed E-state index contributed by atoms with van der Waals surface area (Å²) in [6.07, 6.45) is 0.123. The lowest BCUT2D eigenvalue weighted by atomic mass is 10.1. The molecule has 1 heterocycles. The predicted octanol–water partition coefficient (Wildman–Crippen LogP) is 4.23. The topological polar surface area (TPSA) is 83.0 Å². The van der Waals surface area contributed by atoms with Crippen LogP contribution in [0.25, 0.3) is 0 Å². The zero-order valence-electron chi connectivity index (χ0n) is 14.2. The van der Waals surface area contributed by atoms with Crippen LogP contribution in [0.5, 0.6) is 0 Å². The largest absolute Gasteiger partial charge is 0.478 e. The van der Waals surface area contributed by atoms with Gasteiger partial charge in [0.1, 0.15) is 15.2 Å². The first-order valence-corrected chi connectivity index (χ1v) is 10.1. The van der Waals surface area contributed by atoms with Crippen molar-refractivity contribution in [2.24, 2.45) is 0 Å². The van der Waals surface area contributed by atoms with E-state index in [0.717, 1.165) is 11.6 Å².